The van der Waals surface area contributed by atoms with Crippen molar-refractivity contribution in [1.82, 2.24) is 4.90 Å². The average molecular weight is 253 g/mol. The van der Waals surface area contributed by atoms with E-state index in [2.05, 4.69) is 0 Å². The van der Waals surface area contributed by atoms with Gasteiger partial charge in [0.25, 0.3) is 0 Å². The highest BCUT2D eigenvalue weighted by Crippen LogP contribution is 2.24. The highest BCUT2D eigenvalue weighted by molar-refractivity contribution is 5.84. The minimum absolute atomic E-state index is 0.0764. The molecule has 0 aromatic carbocycles. The molecule has 0 unspecified atom stereocenters. The number of amides is 1. The van der Waals surface area contributed by atoms with Gasteiger partial charge in [-0.05, 0) is 31.6 Å². The van der Waals surface area contributed by atoms with Crippen LogP contribution in [0, 0.1) is 11.8 Å². The van der Waals surface area contributed by atoms with E-state index < -0.39 is 0 Å². The Morgan fingerprint density at radius 3 is 2.44 bits per heavy atom. The van der Waals surface area contributed by atoms with Crippen molar-refractivity contribution in [3.8, 4) is 0 Å². The van der Waals surface area contributed by atoms with Crippen molar-refractivity contribution >= 4 is 11.7 Å². The molecule has 0 bridgehead atoms. The predicted octanol–water partition coefficient (Wildman–Crippen LogP) is 1.63. The van der Waals surface area contributed by atoms with Crippen molar-refractivity contribution in [1.29, 1.82) is 0 Å². The second-order valence-corrected chi connectivity index (χ2v) is 5.59. The average Bonchev–Trinajstić information content (AvgIpc) is 2.40. The number of carbonyl (C=O) groups is 2. The van der Waals surface area contributed by atoms with Gasteiger partial charge in [-0.1, -0.05) is 0 Å². The molecule has 1 amide bonds. The Bertz CT molecular complexity index is 300. The molecule has 0 N–H and O–H groups in total. The lowest BCUT2D eigenvalue weighted by Gasteiger charge is -2.30. The van der Waals surface area contributed by atoms with Crippen molar-refractivity contribution < 1.29 is 14.3 Å². The third-order valence-electron chi connectivity index (χ3n) is 4.14. The van der Waals surface area contributed by atoms with Gasteiger partial charge in [-0.25, -0.2) is 0 Å². The lowest BCUT2D eigenvalue weighted by atomic mass is 9.87. The Kier molecular flexibility index (Phi) is 4.75. The van der Waals surface area contributed by atoms with Gasteiger partial charge in [0, 0.05) is 45.6 Å². The summed E-state index contributed by atoms with van der Waals surface area (Å²) in [6.07, 6.45) is 4.77. The maximum Gasteiger partial charge on any atom is 0.225 e. The number of carbonyl (C=O) groups excluding carboxylic acids is 2. The van der Waals surface area contributed by atoms with Crippen molar-refractivity contribution in [2.75, 3.05) is 26.8 Å². The molecule has 0 spiro atoms. The Morgan fingerprint density at radius 1 is 1.22 bits per heavy atom. The summed E-state index contributed by atoms with van der Waals surface area (Å²) in [4.78, 5) is 25.3. The van der Waals surface area contributed by atoms with E-state index in [0.29, 0.717) is 24.5 Å². The molecule has 4 heteroatoms. The number of ketones is 1. The molecule has 1 aliphatic heterocycles. The maximum atomic E-state index is 12.3. The fourth-order valence-electron chi connectivity index (χ4n) is 2.90. The van der Waals surface area contributed by atoms with E-state index in [1.165, 1.54) is 0 Å². The molecular formula is C14H23NO3. The first-order chi connectivity index (χ1) is 8.66. The highest BCUT2D eigenvalue weighted by Gasteiger charge is 2.28. The second kappa shape index (κ2) is 6.32. The van der Waals surface area contributed by atoms with Gasteiger partial charge in [0.05, 0.1) is 0 Å². The molecule has 0 aromatic heterocycles. The second-order valence-electron chi connectivity index (χ2n) is 5.59. The number of hydrogen-bond acceptors (Lipinski definition) is 3. The van der Waals surface area contributed by atoms with Crippen LogP contribution in [-0.4, -0.2) is 43.4 Å². The maximum absolute atomic E-state index is 12.3. The van der Waals surface area contributed by atoms with Crippen LogP contribution in [0.3, 0.4) is 0 Å². The molecule has 1 saturated heterocycles. The summed E-state index contributed by atoms with van der Waals surface area (Å²) in [5, 5.41) is 0. The largest absolute Gasteiger partial charge is 0.381 e. The highest BCUT2D eigenvalue weighted by atomic mass is 16.5. The van der Waals surface area contributed by atoms with E-state index >= 15 is 0 Å². The number of hydrogen-bond donors (Lipinski definition) is 0. The van der Waals surface area contributed by atoms with Crippen LogP contribution in [-0.2, 0) is 14.3 Å². The fraction of sp³-hybridized carbons (Fsp3) is 0.857. The van der Waals surface area contributed by atoms with Crippen LogP contribution in [0.2, 0.25) is 0 Å². The monoisotopic (exact) mass is 253 g/mol. The minimum Gasteiger partial charge on any atom is -0.381 e. The predicted molar refractivity (Wildman–Crippen MR) is 68.1 cm³/mol. The zero-order valence-electron chi connectivity index (χ0n) is 11.2. The normalized spacial score (nSPS) is 23.1. The molecule has 102 valence electrons. The molecule has 0 radical (unpaired) electrons. The van der Waals surface area contributed by atoms with Crippen molar-refractivity contribution in [3.05, 3.63) is 0 Å². The van der Waals surface area contributed by atoms with Crippen LogP contribution in [0.25, 0.3) is 0 Å². The van der Waals surface area contributed by atoms with E-state index in [9.17, 15) is 9.59 Å². The zero-order chi connectivity index (χ0) is 13.0. The quantitative estimate of drug-likeness (QED) is 0.768. The molecular weight excluding hydrogens is 230 g/mol. The van der Waals surface area contributed by atoms with E-state index in [4.69, 9.17) is 4.74 Å². The molecule has 1 aliphatic carbocycles. The molecule has 18 heavy (non-hydrogen) atoms. The van der Waals surface area contributed by atoms with Crippen LogP contribution in [0.5, 0.6) is 0 Å². The first kappa shape index (κ1) is 13.5. The first-order valence-corrected chi connectivity index (χ1v) is 7.01. The van der Waals surface area contributed by atoms with Crippen molar-refractivity contribution in [2.24, 2.45) is 11.8 Å². The Labute approximate surface area is 109 Å². The van der Waals surface area contributed by atoms with Gasteiger partial charge < -0.3 is 9.64 Å². The lowest BCUT2D eigenvalue weighted by Crippen LogP contribution is -2.39. The lowest BCUT2D eigenvalue weighted by molar-refractivity contribution is -0.137. The van der Waals surface area contributed by atoms with E-state index in [-0.39, 0.29) is 11.8 Å². The van der Waals surface area contributed by atoms with Crippen LogP contribution >= 0.6 is 0 Å². The third kappa shape index (κ3) is 3.55. The van der Waals surface area contributed by atoms with Gasteiger partial charge in [0.2, 0.25) is 5.91 Å². The van der Waals surface area contributed by atoms with Gasteiger partial charge in [0.1, 0.15) is 5.78 Å². The van der Waals surface area contributed by atoms with E-state index in [1.807, 2.05) is 11.9 Å². The topological polar surface area (TPSA) is 46.6 Å². The Hall–Kier alpha value is -0.900. The standard InChI is InChI=1S/C14H23NO3/c1-15(10-11-6-8-18-9-7-11)14(17)12-2-4-13(16)5-3-12/h11-12H,2-10H2,1H3. The van der Waals surface area contributed by atoms with Gasteiger partial charge in [-0.3, -0.25) is 9.59 Å². The summed E-state index contributed by atoms with van der Waals surface area (Å²) in [5.74, 6) is 1.20. The Morgan fingerprint density at radius 2 is 1.83 bits per heavy atom. The van der Waals surface area contributed by atoms with Gasteiger partial charge in [-0.2, -0.15) is 0 Å². The minimum atomic E-state index is 0.0764. The molecule has 0 atom stereocenters. The SMILES string of the molecule is CN(CC1CCOCC1)C(=O)C1CCC(=O)CC1. The molecule has 4 nitrogen and oxygen atoms in total. The number of Topliss-reactive ketones (excluding diaryl/α,β-unsaturated/α-hetero) is 1. The van der Waals surface area contributed by atoms with Crippen molar-refractivity contribution in [2.45, 2.75) is 38.5 Å². The number of rotatable bonds is 3. The van der Waals surface area contributed by atoms with Gasteiger partial charge in [0.15, 0.2) is 0 Å². The number of nitrogens with zero attached hydrogens (tertiary/aromatic N) is 1. The van der Waals surface area contributed by atoms with Crippen LogP contribution < -0.4 is 0 Å². The first-order valence-electron chi connectivity index (χ1n) is 7.01. The molecule has 0 aromatic rings. The zero-order valence-corrected chi connectivity index (χ0v) is 11.2. The van der Waals surface area contributed by atoms with E-state index in [0.717, 1.165) is 45.4 Å². The Balaban J connectivity index is 1.78. The summed E-state index contributed by atoms with van der Waals surface area (Å²) in [5.41, 5.74) is 0. The summed E-state index contributed by atoms with van der Waals surface area (Å²) >= 11 is 0. The summed E-state index contributed by atoms with van der Waals surface area (Å²) in [7, 11) is 1.90. The molecule has 1 saturated carbocycles. The van der Waals surface area contributed by atoms with E-state index in [1.54, 1.807) is 0 Å². The molecule has 2 aliphatic rings. The molecule has 2 rings (SSSR count). The van der Waals surface area contributed by atoms with Gasteiger partial charge in [-0.15, -0.1) is 0 Å². The molecule has 2 fully saturated rings. The summed E-state index contributed by atoms with van der Waals surface area (Å²) in [6.45, 7) is 2.49. The third-order valence-corrected chi connectivity index (χ3v) is 4.14. The number of ether oxygens (including phenoxy) is 1. The van der Waals surface area contributed by atoms with Crippen LogP contribution in [0.4, 0.5) is 0 Å². The molecule has 1 heterocycles. The fourth-order valence-corrected chi connectivity index (χ4v) is 2.90. The van der Waals surface area contributed by atoms with Crippen LogP contribution in [0.15, 0.2) is 0 Å². The van der Waals surface area contributed by atoms with Crippen LogP contribution in [0.1, 0.15) is 38.5 Å². The van der Waals surface area contributed by atoms with Gasteiger partial charge >= 0.3 is 0 Å². The summed E-state index contributed by atoms with van der Waals surface area (Å²) < 4.78 is 5.33. The summed E-state index contributed by atoms with van der Waals surface area (Å²) in [6, 6.07) is 0. The van der Waals surface area contributed by atoms with Crippen molar-refractivity contribution in [3.63, 3.8) is 0 Å². The smallest absolute Gasteiger partial charge is 0.225 e.